The molecule has 7 heteroatoms. The molecule has 0 unspecified atom stereocenters. The second-order valence-corrected chi connectivity index (χ2v) is 9.72. The summed E-state index contributed by atoms with van der Waals surface area (Å²) < 4.78 is 27.3. The van der Waals surface area contributed by atoms with Crippen LogP contribution in [-0.4, -0.2) is 36.3 Å². The lowest BCUT2D eigenvalue weighted by molar-refractivity contribution is 0.387. The van der Waals surface area contributed by atoms with Crippen molar-refractivity contribution in [3.05, 3.63) is 22.7 Å². The maximum Gasteiger partial charge on any atom is 0.243 e. The molecular weight excluding hydrogens is 348 g/mol. The fourth-order valence-electron chi connectivity index (χ4n) is 2.00. The van der Waals surface area contributed by atoms with Crippen LogP contribution in [0.3, 0.4) is 0 Å². The van der Waals surface area contributed by atoms with E-state index in [1.165, 1.54) is 0 Å². The van der Waals surface area contributed by atoms with Gasteiger partial charge >= 0.3 is 0 Å². The Balaban J connectivity index is 2.34. The van der Waals surface area contributed by atoms with Crippen molar-refractivity contribution in [3.8, 4) is 0 Å². The Hall–Kier alpha value is -0.240. The molecule has 0 spiro atoms. The summed E-state index contributed by atoms with van der Waals surface area (Å²) in [6, 6.07) is 4.74. The summed E-state index contributed by atoms with van der Waals surface area (Å²) in [6.45, 7) is 5.22. The van der Waals surface area contributed by atoms with Crippen molar-refractivity contribution >= 4 is 43.4 Å². The molecule has 2 rings (SSSR count). The highest BCUT2D eigenvalue weighted by Gasteiger charge is 2.34. The van der Waals surface area contributed by atoms with Gasteiger partial charge in [0.1, 0.15) is 0 Å². The Morgan fingerprint density at radius 2 is 2.11 bits per heavy atom. The highest BCUT2D eigenvalue weighted by molar-refractivity contribution is 9.10. The maximum atomic E-state index is 12.6. The van der Waals surface area contributed by atoms with E-state index in [-0.39, 0.29) is 9.64 Å². The van der Waals surface area contributed by atoms with Gasteiger partial charge in [-0.3, -0.25) is 0 Å². The van der Waals surface area contributed by atoms with Crippen LogP contribution in [0.2, 0.25) is 0 Å². The number of halogens is 1. The first-order chi connectivity index (χ1) is 8.72. The summed E-state index contributed by atoms with van der Waals surface area (Å²) >= 11 is 5.08. The third-order valence-corrected chi connectivity index (χ3v) is 6.83. The van der Waals surface area contributed by atoms with Gasteiger partial charge in [0, 0.05) is 33.7 Å². The van der Waals surface area contributed by atoms with E-state index in [0.29, 0.717) is 23.2 Å². The predicted octanol–water partition coefficient (Wildman–Crippen LogP) is 2.55. The molecule has 4 nitrogen and oxygen atoms in total. The smallest absolute Gasteiger partial charge is 0.243 e. The number of rotatable bonds is 2. The molecule has 0 amide bonds. The van der Waals surface area contributed by atoms with Gasteiger partial charge in [-0.25, -0.2) is 8.42 Å². The van der Waals surface area contributed by atoms with Gasteiger partial charge in [-0.2, -0.15) is 16.1 Å². The number of thioether (sulfide) groups is 1. The van der Waals surface area contributed by atoms with E-state index < -0.39 is 10.0 Å². The van der Waals surface area contributed by atoms with Crippen molar-refractivity contribution < 1.29 is 8.42 Å². The van der Waals surface area contributed by atoms with Crippen LogP contribution >= 0.6 is 27.7 Å². The molecule has 19 heavy (non-hydrogen) atoms. The molecule has 0 aromatic heterocycles. The Morgan fingerprint density at radius 1 is 1.42 bits per heavy atom. The fourth-order valence-corrected chi connectivity index (χ4v) is 5.46. The van der Waals surface area contributed by atoms with Gasteiger partial charge in [0.25, 0.3) is 0 Å². The molecular formula is C12H17BrN2O2S2. The second-order valence-electron chi connectivity index (χ2n) is 5.13. The lowest BCUT2D eigenvalue weighted by Gasteiger charge is -2.36. The highest BCUT2D eigenvalue weighted by atomic mass is 79.9. The average molecular weight is 365 g/mol. The Morgan fingerprint density at radius 3 is 2.68 bits per heavy atom. The molecule has 1 fully saturated rings. The van der Waals surface area contributed by atoms with Crippen LogP contribution in [0.25, 0.3) is 0 Å². The van der Waals surface area contributed by atoms with Gasteiger partial charge < -0.3 is 5.73 Å². The molecule has 2 N–H and O–H groups in total. The van der Waals surface area contributed by atoms with Crippen molar-refractivity contribution in [3.63, 3.8) is 0 Å². The van der Waals surface area contributed by atoms with E-state index >= 15 is 0 Å². The molecule has 106 valence electrons. The minimum atomic E-state index is -3.44. The molecule has 1 aromatic carbocycles. The number of anilines is 1. The SMILES string of the molecule is CC1(C)CN(S(=O)(=O)c2ccc(N)c(Br)c2)CCS1. The summed E-state index contributed by atoms with van der Waals surface area (Å²) in [5.41, 5.74) is 6.23. The molecule has 1 aromatic rings. The third kappa shape index (κ3) is 3.26. The number of benzene rings is 1. The first kappa shape index (κ1) is 15.2. The lowest BCUT2D eigenvalue weighted by Crippen LogP contribution is -2.46. The molecule has 0 radical (unpaired) electrons. The topological polar surface area (TPSA) is 63.4 Å². The highest BCUT2D eigenvalue weighted by Crippen LogP contribution is 2.33. The molecule has 1 heterocycles. The van der Waals surface area contributed by atoms with Gasteiger partial charge in [0.05, 0.1) is 4.90 Å². The molecule has 0 bridgehead atoms. The zero-order valence-corrected chi connectivity index (χ0v) is 14.1. The van der Waals surface area contributed by atoms with E-state index in [1.54, 1.807) is 34.3 Å². The van der Waals surface area contributed by atoms with E-state index in [0.717, 1.165) is 5.75 Å². The van der Waals surface area contributed by atoms with Gasteiger partial charge in [0.15, 0.2) is 0 Å². The lowest BCUT2D eigenvalue weighted by atomic mass is 10.2. The molecule has 0 saturated carbocycles. The first-order valence-corrected chi connectivity index (χ1v) is 9.13. The van der Waals surface area contributed by atoms with E-state index in [4.69, 9.17) is 5.73 Å². The van der Waals surface area contributed by atoms with Crippen LogP contribution in [0.15, 0.2) is 27.6 Å². The molecule has 1 aliphatic rings. The van der Waals surface area contributed by atoms with E-state index in [1.807, 2.05) is 0 Å². The third-order valence-electron chi connectivity index (χ3n) is 3.00. The summed E-state index contributed by atoms with van der Waals surface area (Å²) in [5, 5.41) is 0. The second kappa shape index (κ2) is 5.27. The van der Waals surface area contributed by atoms with Crippen molar-refractivity contribution in [1.29, 1.82) is 0 Å². The van der Waals surface area contributed by atoms with Crippen LogP contribution in [-0.2, 0) is 10.0 Å². The van der Waals surface area contributed by atoms with Crippen LogP contribution in [0, 0.1) is 0 Å². The van der Waals surface area contributed by atoms with Crippen LogP contribution in [0.1, 0.15) is 13.8 Å². The molecule has 0 aliphatic carbocycles. The summed E-state index contributed by atoms with van der Waals surface area (Å²) in [7, 11) is -3.44. The summed E-state index contributed by atoms with van der Waals surface area (Å²) in [4.78, 5) is 0.288. The van der Waals surface area contributed by atoms with Crippen molar-refractivity contribution in [1.82, 2.24) is 4.31 Å². The van der Waals surface area contributed by atoms with Crippen molar-refractivity contribution in [2.75, 3.05) is 24.6 Å². The zero-order chi connectivity index (χ0) is 14.3. The minimum Gasteiger partial charge on any atom is -0.398 e. The van der Waals surface area contributed by atoms with Crippen LogP contribution in [0.5, 0.6) is 0 Å². The summed E-state index contributed by atoms with van der Waals surface area (Å²) in [6.07, 6.45) is 0. The minimum absolute atomic E-state index is 0.0453. The van der Waals surface area contributed by atoms with Gasteiger partial charge in [0.2, 0.25) is 10.0 Å². The largest absolute Gasteiger partial charge is 0.398 e. The molecule has 1 saturated heterocycles. The first-order valence-electron chi connectivity index (χ1n) is 5.91. The number of nitrogens with two attached hydrogens (primary N) is 1. The molecule has 0 atom stereocenters. The van der Waals surface area contributed by atoms with Gasteiger partial charge in [-0.05, 0) is 48.0 Å². The quantitative estimate of drug-likeness (QED) is 0.819. The zero-order valence-electron chi connectivity index (χ0n) is 10.9. The normalized spacial score (nSPS) is 20.4. The summed E-state index contributed by atoms with van der Waals surface area (Å²) in [5.74, 6) is 0.822. The predicted molar refractivity (Wildman–Crippen MR) is 83.9 cm³/mol. The van der Waals surface area contributed by atoms with Crippen molar-refractivity contribution in [2.45, 2.75) is 23.5 Å². The fraction of sp³-hybridized carbons (Fsp3) is 0.500. The van der Waals surface area contributed by atoms with Gasteiger partial charge in [-0.15, -0.1) is 0 Å². The van der Waals surface area contributed by atoms with Crippen LogP contribution < -0.4 is 5.73 Å². The van der Waals surface area contributed by atoms with Gasteiger partial charge in [-0.1, -0.05) is 0 Å². The van der Waals surface area contributed by atoms with E-state index in [9.17, 15) is 8.42 Å². The van der Waals surface area contributed by atoms with Crippen molar-refractivity contribution in [2.24, 2.45) is 0 Å². The Bertz CT molecular complexity index is 587. The number of hydrogen-bond acceptors (Lipinski definition) is 4. The number of hydrogen-bond donors (Lipinski definition) is 1. The Labute approximate surface area is 126 Å². The average Bonchev–Trinajstić information content (AvgIpc) is 2.31. The standard InChI is InChI=1S/C12H17BrN2O2S2/c1-12(2)8-15(5-6-18-12)19(16,17)9-3-4-11(14)10(13)7-9/h3-4,7H,5-6,8,14H2,1-2H3. The number of nitrogens with zero attached hydrogens (tertiary/aromatic N) is 1. The van der Waals surface area contributed by atoms with Crippen LogP contribution in [0.4, 0.5) is 5.69 Å². The number of nitrogen functional groups attached to an aromatic ring is 1. The monoisotopic (exact) mass is 364 g/mol. The van der Waals surface area contributed by atoms with E-state index in [2.05, 4.69) is 29.8 Å². The number of sulfonamides is 1. The Kier molecular flexibility index (Phi) is 4.21. The maximum absolute atomic E-state index is 12.6. The molecule has 1 aliphatic heterocycles.